The first-order valence-corrected chi connectivity index (χ1v) is 3.11. The van der Waals surface area contributed by atoms with Crippen LogP contribution in [0.15, 0.2) is 18.5 Å². The molecule has 0 N–H and O–H groups in total. The average Bonchev–Trinajstić information content (AvgIpc) is 2.36. The molecule has 6 heteroatoms. The third-order valence-electron chi connectivity index (χ3n) is 1.21. The summed E-state index contributed by atoms with van der Waals surface area (Å²) in [6.45, 7) is 0. The van der Waals surface area contributed by atoms with E-state index < -0.39 is 0 Å². The number of aromatic nitrogens is 3. The summed E-state index contributed by atoms with van der Waals surface area (Å²) in [5, 5.41) is 8.01. The fourth-order valence-electron chi connectivity index (χ4n) is 0.755. The van der Waals surface area contributed by atoms with Gasteiger partial charge in [0.15, 0.2) is 0 Å². The first-order valence-electron chi connectivity index (χ1n) is 2.74. The maximum atomic E-state index is 5.76. The van der Waals surface area contributed by atoms with E-state index in [1.54, 1.807) is 22.9 Å². The van der Waals surface area contributed by atoms with E-state index in [0.717, 1.165) is 0 Å². The van der Waals surface area contributed by atoms with E-state index in [9.17, 15) is 0 Å². The van der Waals surface area contributed by atoms with Crippen LogP contribution in [0.5, 0.6) is 0 Å². The Labute approximate surface area is 96.7 Å². The predicted octanol–water partition coefficient (Wildman–Crippen LogP) is -2.19. The molecule has 0 radical (unpaired) electrons. The number of hydrogen-bond acceptors (Lipinski definition) is 2. The maximum absolute atomic E-state index is 5.76. The molecule has 0 bridgehead atoms. The Balaban J connectivity index is 0.000000605. The molecule has 0 atom stereocenters. The van der Waals surface area contributed by atoms with Gasteiger partial charge in [-0.15, -0.1) is 5.10 Å². The van der Waals surface area contributed by atoms with Crippen molar-refractivity contribution in [2.24, 2.45) is 0 Å². The standard InChI is InChI=1S/C6H3ClN3.ClH.Mg/c7-5-2-1-3-6-9-8-4-10(5)6;;/h1-2,4H;1H;/q-1;;+2/p-1. The van der Waals surface area contributed by atoms with Crippen molar-refractivity contribution in [1.29, 1.82) is 0 Å². The number of rotatable bonds is 0. The molecule has 0 unspecified atom stereocenters. The number of halogens is 2. The third kappa shape index (κ3) is 2.01. The van der Waals surface area contributed by atoms with Gasteiger partial charge in [0.2, 0.25) is 0 Å². The Hall–Kier alpha value is -0.0338. The van der Waals surface area contributed by atoms with Crippen molar-refractivity contribution in [2.45, 2.75) is 0 Å². The van der Waals surface area contributed by atoms with Crippen molar-refractivity contribution in [2.75, 3.05) is 0 Å². The van der Waals surface area contributed by atoms with Crippen molar-refractivity contribution < 1.29 is 12.4 Å². The number of hydrogen-bond donors (Lipinski definition) is 0. The SMILES string of the molecule is Clc1cc[c-]c2nncn12.[Cl-].[Mg+2]. The molecule has 2 heterocycles. The Morgan fingerprint density at radius 2 is 2.25 bits per heavy atom. The zero-order chi connectivity index (χ0) is 6.97. The van der Waals surface area contributed by atoms with Crippen molar-refractivity contribution in [3.63, 3.8) is 0 Å². The molecule has 0 spiro atoms. The molecular formula is C6H3Cl2MgN3. The molecule has 2 aromatic heterocycles. The molecule has 0 aliphatic rings. The van der Waals surface area contributed by atoms with Gasteiger partial charge in [0.05, 0.1) is 5.65 Å². The van der Waals surface area contributed by atoms with Gasteiger partial charge in [-0.3, -0.25) is 0 Å². The van der Waals surface area contributed by atoms with E-state index >= 15 is 0 Å². The van der Waals surface area contributed by atoms with Gasteiger partial charge in [0.25, 0.3) is 0 Å². The van der Waals surface area contributed by atoms with Gasteiger partial charge in [-0.2, -0.15) is 11.2 Å². The summed E-state index contributed by atoms with van der Waals surface area (Å²) >= 11 is 5.76. The second-order valence-electron chi connectivity index (χ2n) is 1.82. The van der Waals surface area contributed by atoms with Gasteiger partial charge in [0.1, 0.15) is 6.33 Å². The van der Waals surface area contributed by atoms with E-state index in [2.05, 4.69) is 16.3 Å². The summed E-state index contributed by atoms with van der Waals surface area (Å²) in [5.74, 6) is 0. The molecule has 0 amide bonds. The monoisotopic (exact) mass is 211 g/mol. The van der Waals surface area contributed by atoms with E-state index in [-0.39, 0.29) is 35.5 Å². The maximum Gasteiger partial charge on any atom is 2.00 e. The molecular weight excluding hydrogens is 209 g/mol. The first kappa shape index (κ1) is 12.0. The summed E-state index contributed by atoms with van der Waals surface area (Å²) < 4.78 is 1.65. The van der Waals surface area contributed by atoms with Crippen LogP contribution in [0.4, 0.5) is 0 Å². The van der Waals surface area contributed by atoms with Crippen LogP contribution in [0.3, 0.4) is 0 Å². The molecule has 0 saturated heterocycles. The molecule has 2 aromatic rings. The van der Waals surface area contributed by atoms with E-state index in [1.807, 2.05) is 0 Å². The second-order valence-corrected chi connectivity index (χ2v) is 2.21. The van der Waals surface area contributed by atoms with Crippen LogP contribution in [0, 0.1) is 6.07 Å². The molecule has 3 nitrogen and oxygen atoms in total. The molecule has 2 rings (SSSR count). The smallest absolute Gasteiger partial charge is 1.00 e. The Morgan fingerprint density at radius 3 is 2.92 bits per heavy atom. The summed E-state index contributed by atoms with van der Waals surface area (Å²) in [6.07, 6.45) is 1.55. The van der Waals surface area contributed by atoms with Crippen LogP contribution in [0.2, 0.25) is 5.15 Å². The molecule has 58 valence electrons. The molecule has 12 heavy (non-hydrogen) atoms. The van der Waals surface area contributed by atoms with Gasteiger partial charge in [-0.05, 0) is 0 Å². The minimum Gasteiger partial charge on any atom is -1.00 e. The Kier molecular flexibility index (Phi) is 4.85. The molecule has 0 saturated carbocycles. The van der Waals surface area contributed by atoms with Crippen molar-refractivity contribution >= 4 is 40.3 Å². The fraction of sp³-hybridized carbons (Fsp3) is 0. The minimum absolute atomic E-state index is 0. The normalized spacial score (nSPS) is 8.75. The first-order chi connectivity index (χ1) is 4.88. The number of pyridine rings is 1. The summed E-state index contributed by atoms with van der Waals surface area (Å²) in [5.41, 5.74) is 0.646. The summed E-state index contributed by atoms with van der Waals surface area (Å²) in [4.78, 5) is 0. The topological polar surface area (TPSA) is 30.2 Å². The number of fused-ring (bicyclic) bond motifs is 1. The molecule has 0 aliphatic heterocycles. The third-order valence-corrected chi connectivity index (χ3v) is 1.52. The van der Waals surface area contributed by atoms with Crippen molar-refractivity contribution in [1.82, 2.24) is 14.6 Å². The van der Waals surface area contributed by atoms with Gasteiger partial charge in [-0.1, -0.05) is 11.6 Å². The van der Waals surface area contributed by atoms with Crippen LogP contribution in [-0.4, -0.2) is 37.7 Å². The quantitative estimate of drug-likeness (QED) is 0.282. The largest absolute Gasteiger partial charge is 2.00 e. The zero-order valence-corrected chi connectivity index (χ0v) is 8.96. The van der Waals surface area contributed by atoms with E-state index in [0.29, 0.717) is 10.8 Å². The van der Waals surface area contributed by atoms with Gasteiger partial charge in [0, 0.05) is 5.15 Å². The van der Waals surface area contributed by atoms with E-state index in [1.165, 1.54) is 0 Å². The second kappa shape index (κ2) is 4.86. The number of nitrogens with zero attached hydrogens (tertiary/aromatic N) is 3. The predicted molar refractivity (Wildman–Crippen MR) is 42.6 cm³/mol. The average molecular weight is 212 g/mol. The Bertz CT molecular complexity index is 362. The van der Waals surface area contributed by atoms with Crippen molar-refractivity contribution in [3.8, 4) is 0 Å². The van der Waals surface area contributed by atoms with Crippen LogP contribution in [-0.2, 0) is 0 Å². The molecule has 0 aliphatic carbocycles. The van der Waals surface area contributed by atoms with Gasteiger partial charge >= 0.3 is 23.1 Å². The summed E-state index contributed by atoms with van der Waals surface area (Å²) in [7, 11) is 0. The van der Waals surface area contributed by atoms with Gasteiger partial charge < -0.3 is 16.8 Å². The van der Waals surface area contributed by atoms with E-state index in [4.69, 9.17) is 11.6 Å². The van der Waals surface area contributed by atoms with Crippen molar-refractivity contribution in [3.05, 3.63) is 29.7 Å². The zero-order valence-electron chi connectivity index (χ0n) is 6.04. The van der Waals surface area contributed by atoms with Crippen LogP contribution in [0.25, 0.3) is 5.65 Å². The van der Waals surface area contributed by atoms with Crippen LogP contribution < -0.4 is 12.4 Å². The Morgan fingerprint density at radius 1 is 1.50 bits per heavy atom. The van der Waals surface area contributed by atoms with Crippen LogP contribution >= 0.6 is 11.6 Å². The van der Waals surface area contributed by atoms with Gasteiger partial charge in [-0.25, -0.2) is 12.1 Å². The fourth-order valence-corrected chi connectivity index (χ4v) is 0.942. The summed E-state index contributed by atoms with van der Waals surface area (Å²) in [6, 6.07) is 6.33. The minimum atomic E-state index is 0. The molecule has 0 aromatic carbocycles. The van der Waals surface area contributed by atoms with Crippen LogP contribution in [0.1, 0.15) is 0 Å². The molecule has 0 fully saturated rings.